The van der Waals surface area contributed by atoms with Crippen LogP contribution in [-0.2, 0) is 14.3 Å². The zero-order chi connectivity index (χ0) is 15.4. The Morgan fingerprint density at radius 1 is 1.57 bits per heavy atom. The van der Waals surface area contributed by atoms with Gasteiger partial charge in [0.25, 0.3) is 5.91 Å². The van der Waals surface area contributed by atoms with Crippen LogP contribution in [0, 0.1) is 0 Å². The van der Waals surface area contributed by atoms with E-state index in [1.807, 2.05) is 6.92 Å². The number of anilines is 1. The topological polar surface area (TPSA) is 67.9 Å². The molecule has 7 heteroatoms. The maximum absolute atomic E-state index is 12.0. The smallest absolute Gasteiger partial charge is 0.265 e. The first-order valence-electron chi connectivity index (χ1n) is 6.52. The van der Waals surface area contributed by atoms with Crippen molar-refractivity contribution >= 4 is 29.1 Å². The molecule has 21 heavy (non-hydrogen) atoms. The average Bonchev–Trinajstić information content (AvgIpc) is 2.42. The van der Waals surface area contributed by atoms with E-state index < -0.39 is 0 Å². The number of nitrogens with one attached hydrogen (secondary N) is 1. The van der Waals surface area contributed by atoms with Crippen molar-refractivity contribution in [3.8, 4) is 5.75 Å². The van der Waals surface area contributed by atoms with Crippen molar-refractivity contribution in [1.82, 2.24) is 5.32 Å². The van der Waals surface area contributed by atoms with Crippen molar-refractivity contribution in [1.29, 1.82) is 0 Å². The number of benzene rings is 1. The highest BCUT2D eigenvalue weighted by Gasteiger charge is 2.27. The molecule has 1 N–H and O–H groups in total. The summed E-state index contributed by atoms with van der Waals surface area (Å²) in [6.07, 6.45) is 0. The second-order valence-corrected chi connectivity index (χ2v) is 5.24. The SMILES string of the molecule is COC[C@@H](C)NC(=O)CN1C(=O)COc2ccc(Cl)cc21. The summed E-state index contributed by atoms with van der Waals surface area (Å²) in [4.78, 5) is 25.3. The van der Waals surface area contributed by atoms with Gasteiger partial charge in [-0.25, -0.2) is 0 Å². The van der Waals surface area contributed by atoms with Crippen molar-refractivity contribution in [2.75, 3.05) is 31.8 Å². The highest BCUT2D eigenvalue weighted by Crippen LogP contribution is 2.34. The van der Waals surface area contributed by atoms with Crippen LogP contribution in [0.25, 0.3) is 0 Å². The number of nitrogens with zero attached hydrogens (tertiary/aromatic N) is 1. The first-order chi connectivity index (χ1) is 10.0. The molecule has 1 aromatic rings. The van der Waals surface area contributed by atoms with E-state index in [2.05, 4.69) is 5.32 Å². The Labute approximate surface area is 128 Å². The number of hydrogen-bond acceptors (Lipinski definition) is 4. The fourth-order valence-electron chi connectivity index (χ4n) is 2.10. The monoisotopic (exact) mass is 312 g/mol. The van der Waals surface area contributed by atoms with Crippen LogP contribution >= 0.6 is 11.6 Å². The van der Waals surface area contributed by atoms with Crippen LogP contribution in [-0.4, -0.2) is 44.7 Å². The zero-order valence-electron chi connectivity index (χ0n) is 11.9. The summed E-state index contributed by atoms with van der Waals surface area (Å²) in [5.74, 6) is -0.00298. The van der Waals surface area contributed by atoms with Gasteiger partial charge in [-0.3, -0.25) is 14.5 Å². The van der Waals surface area contributed by atoms with Gasteiger partial charge in [0.15, 0.2) is 6.61 Å². The second kappa shape index (κ2) is 6.78. The molecular weight excluding hydrogens is 296 g/mol. The number of amides is 2. The van der Waals surface area contributed by atoms with Crippen LogP contribution < -0.4 is 15.0 Å². The molecule has 1 atom stereocenters. The molecule has 0 saturated carbocycles. The molecule has 1 aliphatic heterocycles. The van der Waals surface area contributed by atoms with Crippen molar-refractivity contribution in [3.05, 3.63) is 23.2 Å². The summed E-state index contributed by atoms with van der Waals surface area (Å²) in [6.45, 7) is 2.07. The number of ether oxygens (including phenoxy) is 2. The largest absolute Gasteiger partial charge is 0.482 e. The van der Waals surface area contributed by atoms with E-state index in [9.17, 15) is 9.59 Å². The highest BCUT2D eigenvalue weighted by atomic mass is 35.5. The minimum atomic E-state index is -0.278. The number of fused-ring (bicyclic) bond motifs is 1. The molecule has 6 nitrogen and oxygen atoms in total. The first kappa shape index (κ1) is 15.6. The molecule has 0 radical (unpaired) electrons. The molecule has 0 fully saturated rings. The van der Waals surface area contributed by atoms with Gasteiger partial charge < -0.3 is 14.8 Å². The Morgan fingerprint density at radius 3 is 3.05 bits per heavy atom. The summed E-state index contributed by atoms with van der Waals surface area (Å²) in [6, 6.07) is 4.84. The van der Waals surface area contributed by atoms with E-state index in [1.165, 1.54) is 4.90 Å². The van der Waals surface area contributed by atoms with Gasteiger partial charge in [-0.2, -0.15) is 0 Å². The van der Waals surface area contributed by atoms with Gasteiger partial charge >= 0.3 is 0 Å². The van der Waals surface area contributed by atoms with Crippen LogP contribution in [0.1, 0.15) is 6.92 Å². The molecule has 0 spiro atoms. The number of hydrogen-bond donors (Lipinski definition) is 1. The Kier molecular flexibility index (Phi) is 5.03. The van der Waals surface area contributed by atoms with Gasteiger partial charge in [-0.05, 0) is 25.1 Å². The maximum atomic E-state index is 12.0. The average molecular weight is 313 g/mol. The van der Waals surface area contributed by atoms with Crippen molar-refractivity contribution in [2.45, 2.75) is 13.0 Å². The van der Waals surface area contributed by atoms with E-state index in [4.69, 9.17) is 21.1 Å². The summed E-state index contributed by atoms with van der Waals surface area (Å²) < 4.78 is 10.3. The number of carbonyl (C=O) groups is 2. The zero-order valence-corrected chi connectivity index (χ0v) is 12.6. The number of halogens is 1. The lowest BCUT2D eigenvalue weighted by Gasteiger charge is -2.29. The van der Waals surface area contributed by atoms with Gasteiger partial charge in [-0.15, -0.1) is 0 Å². The van der Waals surface area contributed by atoms with Crippen molar-refractivity contribution < 1.29 is 19.1 Å². The molecule has 0 aliphatic carbocycles. The molecule has 1 aromatic carbocycles. The summed E-state index contributed by atoms with van der Waals surface area (Å²) in [5, 5.41) is 3.24. The van der Waals surface area contributed by atoms with Crippen LogP contribution in [0.3, 0.4) is 0 Å². The molecule has 1 aliphatic rings. The maximum Gasteiger partial charge on any atom is 0.265 e. The molecule has 0 saturated heterocycles. The molecular formula is C14H17ClN2O4. The third-order valence-electron chi connectivity index (χ3n) is 2.99. The third kappa shape index (κ3) is 3.86. The predicted molar refractivity (Wildman–Crippen MR) is 78.8 cm³/mol. The molecule has 2 rings (SSSR count). The van der Waals surface area contributed by atoms with Gasteiger partial charge in [-0.1, -0.05) is 11.6 Å². The lowest BCUT2D eigenvalue weighted by molar-refractivity contribution is -0.125. The summed E-state index contributed by atoms with van der Waals surface area (Å²) >= 11 is 5.94. The van der Waals surface area contributed by atoms with E-state index in [1.54, 1.807) is 25.3 Å². The fourth-order valence-corrected chi connectivity index (χ4v) is 2.27. The molecule has 114 valence electrons. The van der Waals surface area contributed by atoms with E-state index in [0.717, 1.165) is 0 Å². The number of rotatable bonds is 5. The van der Waals surface area contributed by atoms with Crippen LogP contribution in [0.2, 0.25) is 5.02 Å². The lowest BCUT2D eigenvalue weighted by atomic mass is 10.2. The molecule has 0 aromatic heterocycles. The Morgan fingerprint density at radius 2 is 2.33 bits per heavy atom. The molecule has 2 amide bonds. The van der Waals surface area contributed by atoms with Crippen molar-refractivity contribution in [3.63, 3.8) is 0 Å². The number of carbonyl (C=O) groups excluding carboxylic acids is 2. The first-order valence-corrected chi connectivity index (χ1v) is 6.90. The molecule has 0 bridgehead atoms. The Balaban J connectivity index is 2.11. The van der Waals surface area contributed by atoms with Gasteiger partial charge in [0.05, 0.1) is 12.3 Å². The van der Waals surface area contributed by atoms with Gasteiger partial charge in [0, 0.05) is 18.2 Å². The Bertz CT molecular complexity index is 550. The van der Waals surface area contributed by atoms with Crippen molar-refractivity contribution in [2.24, 2.45) is 0 Å². The van der Waals surface area contributed by atoms with E-state index in [-0.39, 0.29) is 31.0 Å². The van der Waals surface area contributed by atoms with E-state index >= 15 is 0 Å². The fraction of sp³-hybridized carbons (Fsp3) is 0.429. The van der Waals surface area contributed by atoms with Crippen LogP contribution in [0.15, 0.2) is 18.2 Å². The normalized spacial score (nSPS) is 15.2. The quantitative estimate of drug-likeness (QED) is 0.887. The van der Waals surface area contributed by atoms with Gasteiger partial charge in [0.2, 0.25) is 5.91 Å². The second-order valence-electron chi connectivity index (χ2n) is 4.80. The molecule has 0 unspecified atom stereocenters. The van der Waals surface area contributed by atoms with E-state index in [0.29, 0.717) is 23.1 Å². The summed E-state index contributed by atoms with van der Waals surface area (Å²) in [5.41, 5.74) is 0.508. The van der Waals surface area contributed by atoms with Gasteiger partial charge in [0.1, 0.15) is 12.3 Å². The van der Waals surface area contributed by atoms with Crippen LogP contribution in [0.4, 0.5) is 5.69 Å². The third-order valence-corrected chi connectivity index (χ3v) is 3.22. The summed E-state index contributed by atoms with van der Waals surface area (Å²) in [7, 11) is 1.56. The lowest BCUT2D eigenvalue weighted by Crippen LogP contribution is -2.47. The predicted octanol–water partition coefficient (Wildman–Crippen LogP) is 1.22. The Hall–Kier alpha value is -1.79. The minimum absolute atomic E-state index is 0.0798. The minimum Gasteiger partial charge on any atom is -0.482 e. The molecule has 1 heterocycles. The van der Waals surface area contributed by atoms with Crippen LogP contribution in [0.5, 0.6) is 5.75 Å². The highest BCUT2D eigenvalue weighted by molar-refractivity contribution is 6.31. The number of methoxy groups -OCH3 is 1. The standard InChI is InChI=1S/C14H17ClN2O4/c1-9(7-20-2)16-13(18)6-17-11-5-10(15)3-4-12(11)21-8-14(17)19/h3-5,9H,6-8H2,1-2H3,(H,16,18)/t9-/m1/s1.